The molecule has 15 heavy (non-hydrogen) atoms. The van der Waals surface area contributed by atoms with E-state index in [1.165, 1.54) is 12.7 Å². The third-order valence-corrected chi connectivity index (χ3v) is 2.01. The summed E-state index contributed by atoms with van der Waals surface area (Å²) in [5.74, 6) is 0.306. The first kappa shape index (κ1) is 9.39. The van der Waals surface area contributed by atoms with Crippen LogP contribution in [0.3, 0.4) is 0 Å². The molecule has 2 aromatic heterocycles. The number of anilines is 1. The summed E-state index contributed by atoms with van der Waals surface area (Å²) < 4.78 is 1.57. The van der Waals surface area contributed by atoms with E-state index < -0.39 is 0 Å². The Kier molecular flexibility index (Phi) is 2.21. The van der Waals surface area contributed by atoms with Crippen LogP contribution >= 0.6 is 0 Å². The minimum absolute atomic E-state index is 0.196. The summed E-state index contributed by atoms with van der Waals surface area (Å²) in [6.45, 7) is 3.28. The topological polar surface area (TPSA) is 89.8 Å². The average molecular weight is 203 g/mol. The van der Waals surface area contributed by atoms with Crippen LogP contribution in [0, 0.1) is 0 Å². The smallest absolute Gasteiger partial charge is 0.170 e. The highest BCUT2D eigenvalue weighted by Crippen LogP contribution is 2.16. The number of nitrogen functional groups attached to an aromatic ring is 1. The third kappa shape index (κ3) is 1.38. The van der Waals surface area contributed by atoms with Gasteiger partial charge in [0.25, 0.3) is 0 Å². The number of aliphatic hydroxyl groups is 1. The molecule has 2 heterocycles. The van der Waals surface area contributed by atoms with Crippen molar-refractivity contribution in [1.82, 2.24) is 19.5 Å². The number of nitrogens with two attached hydrogens (primary N) is 1. The molecule has 3 N–H and O–H groups in total. The number of fused-ring (bicyclic) bond motifs is 1. The number of hydrogen-bond donors (Lipinski definition) is 2. The van der Waals surface area contributed by atoms with Crippen molar-refractivity contribution < 1.29 is 5.11 Å². The van der Waals surface area contributed by atoms with Gasteiger partial charge in [-0.25, -0.2) is 15.0 Å². The number of nitrogens with zero attached hydrogens (tertiary/aromatic N) is 4. The molecule has 0 atom stereocenters. The molecule has 0 aliphatic rings. The fraction of sp³-hybridized carbons (Fsp3) is 0.111. The summed E-state index contributed by atoms with van der Waals surface area (Å²) in [6.07, 6.45) is 2.84. The van der Waals surface area contributed by atoms with Crippen LogP contribution < -0.4 is 5.73 Å². The second-order valence-electron chi connectivity index (χ2n) is 2.83. The van der Waals surface area contributed by atoms with Gasteiger partial charge in [-0.2, -0.15) is 0 Å². The molecule has 0 radical (unpaired) electrons. The fourth-order valence-electron chi connectivity index (χ4n) is 1.27. The number of hydrogen-bond acceptors (Lipinski definition) is 5. The lowest BCUT2D eigenvalue weighted by Crippen LogP contribution is -2.00. The van der Waals surface area contributed by atoms with Crippen molar-refractivity contribution in [2.24, 2.45) is 0 Å². The second kappa shape index (κ2) is 3.53. The zero-order valence-electron chi connectivity index (χ0n) is 7.88. The van der Waals surface area contributed by atoms with Crippen molar-refractivity contribution in [3.63, 3.8) is 0 Å². The predicted octanol–water partition coefficient (Wildman–Crippen LogP) is 0.0266. The lowest BCUT2D eigenvalue weighted by Gasteiger charge is -2.02. The Balaban J connectivity index is 2.74. The molecule has 6 nitrogen and oxygen atoms in total. The number of aromatic nitrogens is 4. The lowest BCUT2D eigenvalue weighted by molar-refractivity contribution is 0.344. The quantitative estimate of drug-likeness (QED) is 0.672. The van der Waals surface area contributed by atoms with E-state index in [0.717, 1.165) is 0 Å². The van der Waals surface area contributed by atoms with E-state index in [9.17, 15) is 0 Å². The predicted molar refractivity (Wildman–Crippen MR) is 55.7 cm³/mol. The molecule has 0 saturated heterocycles. The molecule has 0 unspecified atom stereocenters. The van der Waals surface area contributed by atoms with E-state index in [2.05, 4.69) is 27.3 Å². The summed E-state index contributed by atoms with van der Waals surface area (Å²) in [6, 6.07) is 0. The summed E-state index contributed by atoms with van der Waals surface area (Å²) in [4.78, 5) is 11.9. The van der Waals surface area contributed by atoms with E-state index in [-0.39, 0.29) is 6.61 Å². The lowest BCUT2D eigenvalue weighted by atomic mass is 10.4. The molecular weight excluding hydrogens is 194 g/mol. The van der Waals surface area contributed by atoms with Crippen LogP contribution in [0.4, 0.5) is 5.82 Å². The zero-order chi connectivity index (χ0) is 10.8. The Hall–Kier alpha value is -2.17. The molecule has 0 fully saturated rings. The largest absolute Gasteiger partial charge is 0.389 e. The Morgan fingerprint density at radius 2 is 2.33 bits per heavy atom. The molecule has 0 saturated carbocycles. The average Bonchev–Trinajstić information content (AvgIpc) is 2.66. The Morgan fingerprint density at radius 3 is 3.00 bits per heavy atom. The van der Waals surface area contributed by atoms with E-state index in [4.69, 9.17) is 10.8 Å². The standard InChI is InChI=1S/C9H9N5O/c1-2-6(3-15)14-5-13-7-8(10)11-4-12-9(7)14/h4-5,15H,1,3H2,(H2,10,11,12). The van der Waals surface area contributed by atoms with Crippen molar-refractivity contribution in [3.05, 3.63) is 25.0 Å². The molecule has 0 aromatic carbocycles. The van der Waals surface area contributed by atoms with Crippen LogP contribution in [0.15, 0.2) is 25.0 Å². The third-order valence-electron chi connectivity index (χ3n) is 2.01. The zero-order valence-corrected chi connectivity index (χ0v) is 7.88. The van der Waals surface area contributed by atoms with Gasteiger partial charge in [-0.15, -0.1) is 5.73 Å². The van der Waals surface area contributed by atoms with E-state index in [1.54, 1.807) is 4.57 Å². The highest BCUT2D eigenvalue weighted by molar-refractivity contribution is 5.83. The Labute approximate surface area is 85.4 Å². The SMILES string of the molecule is C=C=C(CO)n1cnc2c(N)ncnc21. The van der Waals surface area contributed by atoms with Gasteiger partial charge >= 0.3 is 0 Å². The van der Waals surface area contributed by atoms with Crippen LogP contribution in [0.2, 0.25) is 0 Å². The van der Waals surface area contributed by atoms with Crippen molar-refractivity contribution in [2.75, 3.05) is 12.3 Å². The minimum atomic E-state index is -0.196. The molecular formula is C9H9N5O. The van der Waals surface area contributed by atoms with Crippen LogP contribution in [-0.2, 0) is 0 Å². The van der Waals surface area contributed by atoms with Gasteiger partial charge < -0.3 is 10.8 Å². The monoisotopic (exact) mass is 203 g/mol. The molecule has 2 aromatic rings. The summed E-state index contributed by atoms with van der Waals surface area (Å²) in [5.41, 5.74) is 9.72. The molecule has 6 heteroatoms. The van der Waals surface area contributed by atoms with Gasteiger partial charge in [-0.3, -0.25) is 4.57 Å². The molecule has 0 bridgehead atoms. The minimum Gasteiger partial charge on any atom is -0.389 e. The van der Waals surface area contributed by atoms with Crippen molar-refractivity contribution in [2.45, 2.75) is 0 Å². The van der Waals surface area contributed by atoms with Crippen LogP contribution in [0.25, 0.3) is 16.9 Å². The highest BCUT2D eigenvalue weighted by Gasteiger charge is 2.09. The number of rotatable bonds is 2. The van der Waals surface area contributed by atoms with E-state index >= 15 is 0 Å². The van der Waals surface area contributed by atoms with Gasteiger partial charge in [0.1, 0.15) is 12.7 Å². The Bertz CT molecular complexity index is 553. The molecule has 0 aliphatic heterocycles. The maximum atomic E-state index is 9.06. The van der Waals surface area contributed by atoms with Crippen LogP contribution in [-0.4, -0.2) is 31.2 Å². The highest BCUT2D eigenvalue weighted by atomic mass is 16.3. The molecule has 0 aliphatic carbocycles. The van der Waals surface area contributed by atoms with Gasteiger partial charge in [0, 0.05) is 0 Å². The number of aliphatic hydroxyl groups excluding tert-OH is 1. The Morgan fingerprint density at radius 1 is 1.53 bits per heavy atom. The van der Waals surface area contributed by atoms with Crippen molar-refractivity contribution in [1.29, 1.82) is 0 Å². The van der Waals surface area contributed by atoms with Gasteiger partial charge in [0.05, 0.1) is 12.3 Å². The number of imidazole rings is 1. The van der Waals surface area contributed by atoms with Crippen molar-refractivity contribution >= 4 is 22.7 Å². The molecule has 76 valence electrons. The van der Waals surface area contributed by atoms with Crippen molar-refractivity contribution in [3.8, 4) is 0 Å². The van der Waals surface area contributed by atoms with Crippen LogP contribution in [0.1, 0.15) is 0 Å². The summed E-state index contributed by atoms with van der Waals surface area (Å²) >= 11 is 0. The maximum absolute atomic E-state index is 9.06. The van der Waals surface area contributed by atoms with Gasteiger partial charge in [0.15, 0.2) is 17.0 Å². The summed E-state index contributed by atoms with van der Waals surface area (Å²) in [7, 11) is 0. The molecule has 0 amide bonds. The fourth-order valence-corrected chi connectivity index (χ4v) is 1.27. The maximum Gasteiger partial charge on any atom is 0.170 e. The first-order chi connectivity index (χ1) is 7.27. The molecule has 2 rings (SSSR count). The van der Waals surface area contributed by atoms with Gasteiger partial charge in [-0.1, -0.05) is 6.58 Å². The van der Waals surface area contributed by atoms with E-state index in [1.807, 2.05) is 0 Å². The van der Waals surface area contributed by atoms with Gasteiger partial charge in [0.2, 0.25) is 0 Å². The first-order valence-electron chi connectivity index (χ1n) is 4.21. The van der Waals surface area contributed by atoms with Gasteiger partial charge in [-0.05, 0) is 0 Å². The summed E-state index contributed by atoms with van der Waals surface area (Å²) in [5, 5.41) is 9.06. The molecule has 0 spiro atoms. The van der Waals surface area contributed by atoms with E-state index in [0.29, 0.717) is 22.7 Å². The first-order valence-corrected chi connectivity index (χ1v) is 4.21. The normalized spacial score (nSPS) is 10.2. The second-order valence-corrected chi connectivity index (χ2v) is 2.83. The van der Waals surface area contributed by atoms with Crippen LogP contribution in [0.5, 0.6) is 0 Å².